The minimum absolute atomic E-state index is 0.129. The van der Waals surface area contributed by atoms with E-state index < -0.39 is 0 Å². The molecule has 1 aromatic carbocycles. The molecular weight excluding hydrogens is 222 g/mol. The van der Waals surface area contributed by atoms with Crippen molar-refractivity contribution in [2.24, 2.45) is 0 Å². The first-order valence-electron chi connectivity index (χ1n) is 7.03. The summed E-state index contributed by atoms with van der Waals surface area (Å²) < 4.78 is 0. The SMILES string of the molecule is Cc1ccc(C2(C(=O)CN3CCCC3)CC2)cc1. The third-order valence-electron chi connectivity index (χ3n) is 4.45. The van der Waals surface area contributed by atoms with E-state index in [-0.39, 0.29) is 5.41 Å². The summed E-state index contributed by atoms with van der Waals surface area (Å²) in [4.78, 5) is 14.8. The van der Waals surface area contributed by atoms with Gasteiger partial charge >= 0.3 is 0 Å². The Morgan fingerprint density at radius 2 is 1.78 bits per heavy atom. The van der Waals surface area contributed by atoms with E-state index in [1.807, 2.05) is 0 Å². The number of ketones is 1. The number of benzene rings is 1. The van der Waals surface area contributed by atoms with Gasteiger partial charge in [-0.25, -0.2) is 0 Å². The molecule has 1 heterocycles. The summed E-state index contributed by atoms with van der Waals surface area (Å²) in [5.41, 5.74) is 2.37. The predicted octanol–water partition coefficient (Wildman–Crippen LogP) is 2.69. The highest BCUT2D eigenvalue weighted by atomic mass is 16.1. The van der Waals surface area contributed by atoms with Crippen molar-refractivity contribution in [3.8, 4) is 0 Å². The third-order valence-corrected chi connectivity index (χ3v) is 4.45. The highest BCUT2D eigenvalue weighted by molar-refractivity contribution is 5.94. The number of carbonyl (C=O) groups excluding carboxylic acids is 1. The van der Waals surface area contributed by atoms with E-state index in [9.17, 15) is 4.79 Å². The predicted molar refractivity (Wildman–Crippen MR) is 72.8 cm³/mol. The lowest BCUT2D eigenvalue weighted by atomic mass is 9.90. The second-order valence-corrected chi connectivity index (χ2v) is 5.85. The molecule has 2 aliphatic rings. The van der Waals surface area contributed by atoms with E-state index in [0.29, 0.717) is 12.3 Å². The maximum Gasteiger partial charge on any atom is 0.157 e. The molecule has 0 aromatic heterocycles. The molecule has 0 spiro atoms. The molecule has 1 saturated carbocycles. The van der Waals surface area contributed by atoms with Gasteiger partial charge in [-0.3, -0.25) is 9.69 Å². The van der Waals surface area contributed by atoms with Crippen LogP contribution in [0.15, 0.2) is 24.3 Å². The number of aryl methyl sites for hydroxylation is 1. The van der Waals surface area contributed by atoms with Crippen molar-refractivity contribution < 1.29 is 4.79 Å². The van der Waals surface area contributed by atoms with Crippen LogP contribution in [0.1, 0.15) is 36.8 Å². The van der Waals surface area contributed by atoms with Gasteiger partial charge in [-0.1, -0.05) is 29.8 Å². The third kappa shape index (κ3) is 2.10. The van der Waals surface area contributed by atoms with Gasteiger partial charge in [0, 0.05) is 0 Å². The fourth-order valence-corrected chi connectivity index (χ4v) is 3.02. The lowest BCUT2D eigenvalue weighted by Gasteiger charge is -2.19. The number of rotatable bonds is 4. The smallest absolute Gasteiger partial charge is 0.157 e. The molecule has 18 heavy (non-hydrogen) atoms. The summed E-state index contributed by atoms with van der Waals surface area (Å²) in [6, 6.07) is 8.53. The van der Waals surface area contributed by atoms with Crippen LogP contribution in [0.25, 0.3) is 0 Å². The van der Waals surface area contributed by atoms with Crippen molar-refractivity contribution >= 4 is 5.78 Å². The van der Waals surface area contributed by atoms with Gasteiger partial charge < -0.3 is 0 Å². The molecule has 1 aliphatic carbocycles. The Balaban J connectivity index is 1.73. The second-order valence-electron chi connectivity index (χ2n) is 5.85. The second kappa shape index (κ2) is 4.51. The average molecular weight is 243 g/mol. The van der Waals surface area contributed by atoms with Crippen molar-refractivity contribution in [1.82, 2.24) is 4.90 Å². The van der Waals surface area contributed by atoms with E-state index >= 15 is 0 Å². The zero-order chi connectivity index (χ0) is 12.6. The Kier molecular flexibility index (Phi) is 2.98. The number of carbonyl (C=O) groups is 1. The standard InChI is InChI=1S/C16H21NO/c1-13-4-6-14(7-5-13)16(8-9-16)15(18)12-17-10-2-3-11-17/h4-7H,2-3,8-12H2,1H3. The molecular formula is C16H21NO. The Morgan fingerprint density at radius 1 is 1.17 bits per heavy atom. The van der Waals surface area contributed by atoms with Gasteiger partial charge in [0.2, 0.25) is 0 Å². The van der Waals surface area contributed by atoms with Crippen LogP contribution in [0.2, 0.25) is 0 Å². The zero-order valence-electron chi connectivity index (χ0n) is 11.1. The largest absolute Gasteiger partial charge is 0.297 e. The monoisotopic (exact) mass is 243 g/mol. The molecule has 0 N–H and O–H groups in total. The van der Waals surface area contributed by atoms with E-state index in [1.54, 1.807) is 0 Å². The van der Waals surface area contributed by atoms with Crippen molar-refractivity contribution in [1.29, 1.82) is 0 Å². The molecule has 2 nitrogen and oxygen atoms in total. The molecule has 1 aromatic rings. The Labute approximate surface area is 109 Å². The summed E-state index contributed by atoms with van der Waals surface area (Å²) >= 11 is 0. The molecule has 0 radical (unpaired) electrons. The van der Waals surface area contributed by atoms with Crippen LogP contribution in [0.4, 0.5) is 0 Å². The van der Waals surface area contributed by atoms with Gasteiger partial charge in [0.15, 0.2) is 5.78 Å². The van der Waals surface area contributed by atoms with Gasteiger partial charge in [0.25, 0.3) is 0 Å². The number of likely N-dealkylation sites (tertiary alicyclic amines) is 1. The lowest BCUT2D eigenvalue weighted by molar-refractivity contribution is -0.122. The summed E-state index contributed by atoms with van der Waals surface area (Å²) in [7, 11) is 0. The maximum atomic E-state index is 12.5. The molecule has 0 atom stereocenters. The number of hydrogen-bond donors (Lipinski definition) is 0. The first-order valence-corrected chi connectivity index (χ1v) is 7.03. The van der Waals surface area contributed by atoms with Crippen LogP contribution < -0.4 is 0 Å². The van der Waals surface area contributed by atoms with E-state index in [1.165, 1.54) is 24.0 Å². The van der Waals surface area contributed by atoms with Gasteiger partial charge in [-0.05, 0) is 51.3 Å². The number of nitrogens with zero attached hydrogens (tertiary/aromatic N) is 1. The Morgan fingerprint density at radius 3 is 2.33 bits per heavy atom. The first kappa shape index (κ1) is 11.9. The van der Waals surface area contributed by atoms with Crippen molar-refractivity contribution in [3.63, 3.8) is 0 Å². The van der Waals surface area contributed by atoms with Gasteiger partial charge in [-0.2, -0.15) is 0 Å². The lowest BCUT2D eigenvalue weighted by Crippen LogP contribution is -2.34. The minimum Gasteiger partial charge on any atom is -0.297 e. The number of Topliss-reactive ketones (excluding diaryl/α,β-unsaturated/α-hetero) is 1. The molecule has 2 heteroatoms. The quantitative estimate of drug-likeness (QED) is 0.810. The topological polar surface area (TPSA) is 20.3 Å². The van der Waals surface area contributed by atoms with Crippen LogP contribution in [-0.2, 0) is 10.2 Å². The molecule has 1 aliphatic heterocycles. The number of hydrogen-bond acceptors (Lipinski definition) is 2. The highest BCUT2D eigenvalue weighted by Crippen LogP contribution is 2.49. The van der Waals surface area contributed by atoms with Crippen molar-refractivity contribution in [2.75, 3.05) is 19.6 Å². The summed E-state index contributed by atoms with van der Waals surface area (Å²) in [6.07, 6.45) is 4.60. The summed E-state index contributed by atoms with van der Waals surface area (Å²) in [5.74, 6) is 0.438. The van der Waals surface area contributed by atoms with Gasteiger partial charge in [-0.15, -0.1) is 0 Å². The molecule has 96 valence electrons. The molecule has 0 unspecified atom stereocenters. The average Bonchev–Trinajstić information content (AvgIpc) is 3.03. The van der Waals surface area contributed by atoms with Crippen LogP contribution in [-0.4, -0.2) is 30.3 Å². The minimum atomic E-state index is -0.129. The zero-order valence-corrected chi connectivity index (χ0v) is 11.1. The van der Waals surface area contributed by atoms with Crippen molar-refractivity contribution in [3.05, 3.63) is 35.4 Å². The molecule has 2 fully saturated rings. The van der Waals surface area contributed by atoms with Crippen LogP contribution in [0.3, 0.4) is 0 Å². The molecule has 0 amide bonds. The summed E-state index contributed by atoms with van der Waals surface area (Å²) in [5, 5.41) is 0. The molecule has 3 rings (SSSR count). The summed E-state index contributed by atoms with van der Waals surface area (Å²) in [6.45, 7) is 4.97. The Hall–Kier alpha value is -1.15. The van der Waals surface area contributed by atoms with Crippen molar-refractivity contribution in [2.45, 2.75) is 38.0 Å². The molecule has 0 bridgehead atoms. The first-order chi connectivity index (χ1) is 8.71. The van der Waals surface area contributed by atoms with E-state index in [4.69, 9.17) is 0 Å². The van der Waals surface area contributed by atoms with Gasteiger partial charge in [0.1, 0.15) is 0 Å². The normalized spacial score (nSPS) is 22.1. The fraction of sp³-hybridized carbons (Fsp3) is 0.562. The fourth-order valence-electron chi connectivity index (χ4n) is 3.02. The maximum absolute atomic E-state index is 12.5. The van der Waals surface area contributed by atoms with E-state index in [0.717, 1.165) is 25.9 Å². The van der Waals surface area contributed by atoms with E-state index in [2.05, 4.69) is 36.1 Å². The van der Waals surface area contributed by atoms with Crippen LogP contribution >= 0.6 is 0 Å². The Bertz CT molecular complexity index is 439. The highest BCUT2D eigenvalue weighted by Gasteiger charge is 2.50. The van der Waals surface area contributed by atoms with Gasteiger partial charge in [0.05, 0.1) is 12.0 Å². The van der Waals surface area contributed by atoms with Crippen LogP contribution in [0.5, 0.6) is 0 Å². The molecule has 1 saturated heterocycles. The van der Waals surface area contributed by atoms with Crippen LogP contribution in [0, 0.1) is 6.92 Å².